The summed E-state index contributed by atoms with van der Waals surface area (Å²) >= 11 is 3.38. The quantitative estimate of drug-likeness (QED) is 0.850. The van der Waals surface area contributed by atoms with E-state index in [1.807, 2.05) is 43.3 Å². The van der Waals surface area contributed by atoms with Gasteiger partial charge in [-0.05, 0) is 36.4 Å². The fourth-order valence-corrected chi connectivity index (χ4v) is 2.28. The van der Waals surface area contributed by atoms with E-state index in [9.17, 15) is 5.11 Å². The van der Waals surface area contributed by atoms with Crippen LogP contribution in [0.15, 0.2) is 45.9 Å². The largest absolute Gasteiger partial charge is 0.504 e. The molecule has 0 atom stereocenters. The molecule has 0 radical (unpaired) electrons. The molecule has 1 N–H and O–H groups in total. The number of rotatable bonds is 4. The molecule has 0 amide bonds. The number of halogens is 1. The average molecular weight is 349 g/mol. The van der Waals surface area contributed by atoms with Gasteiger partial charge in [0, 0.05) is 36.0 Å². The lowest BCUT2D eigenvalue weighted by molar-refractivity contribution is 0.373. The van der Waals surface area contributed by atoms with Gasteiger partial charge in [0.05, 0.1) is 12.8 Å². The summed E-state index contributed by atoms with van der Waals surface area (Å²) in [6, 6.07) is 11.3. The van der Waals surface area contributed by atoms with Crippen LogP contribution in [0.3, 0.4) is 0 Å². The molecule has 0 aliphatic rings. The van der Waals surface area contributed by atoms with Crippen LogP contribution in [0.4, 0.5) is 11.4 Å². The summed E-state index contributed by atoms with van der Waals surface area (Å²) < 4.78 is 5.93. The van der Waals surface area contributed by atoms with Gasteiger partial charge >= 0.3 is 0 Å². The maximum absolute atomic E-state index is 10.1. The topological polar surface area (TPSA) is 45.1 Å². The zero-order chi connectivity index (χ0) is 15.4. The van der Waals surface area contributed by atoms with Gasteiger partial charge in [-0.15, -0.1) is 0 Å². The first-order valence-corrected chi connectivity index (χ1v) is 7.18. The van der Waals surface area contributed by atoms with Crippen molar-refractivity contribution in [2.45, 2.75) is 0 Å². The van der Waals surface area contributed by atoms with Crippen molar-refractivity contribution in [1.29, 1.82) is 0 Å². The van der Waals surface area contributed by atoms with Crippen molar-refractivity contribution in [2.24, 2.45) is 4.99 Å². The summed E-state index contributed by atoms with van der Waals surface area (Å²) in [4.78, 5) is 6.40. The molecule has 2 rings (SSSR count). The highest BCUT2D eigenvalue weighted by Crippen LogP contribution is 2.32. The van der Waals surface area contributed by atoms with Gasteiger partial charge in [-0.25, -0.2) is 0 Å². The van der Waals surface area contributed by atoms with Crippen molar-refractivity contribution in [3.05, 3.63) is 46.4 Å². The second-order valence-electron chi connectivity index (χ2n) is 4.71. The number of ether oxygens (including phenoxy) is 1. The molecule has 5 heteroatoms. The minimum absolute atomic E-state index is 0.0781. The first-order chi connectivity index (χ1) is 10.0. The van der Waals surface area contributed by atoms with Crippen LogP contribution in [-0.2, 0) is 0 Å². The Morgan fingerprint density at radius 1 is 1.19 bits per heavy atom. The van der Waals surface area contributed by atoms with E-state index < -0.39 is 0 Å². The Labute approximate surface area is 132 Å². The SMILES string of the molecule is COc1cc(Br)cc(C=Nc2ccc(N(C)C)cc2)c1O. The van der Waals surface area contributed by atoms with Gasteiger partial charge in [-0.2, -0.15) is 0 Å². The molecule has 0 saturated carbocycles. The second-order valence-corrected chi connectivity index (χ2v) is 5.63. The van der Waals surface area contributed by atoms with Gasteiger partial charge in [0.2, 0.25) is 0 Å². The molecule has 0 saturated heterocycles. The van der Waals surface area contributed by atoms with Crippen molar-refractivity contribution >= 4 is 33.5 Å². The second kappa shape index (κ2) is 6.63. The standard InChI is InChI=1S/C16H17BrN2O2/c1-19(2)14-6-4-13(5-7-14)18-10-11-8-12(17)9-15(21-3)16(11)20/h4-10,20H,1-3H3. The maximum Gasteiger partial charge on any atom is 0.166 e. The van der Waals surface area contributed by atoms with Crippen LogP contribution in [0.2, 0.25) is 0 Å². The third kappa shape index (κ3) is 3.76. The maximum atomic E-state index is 10.1. The van der Waals surface area contributed by atoms with Crippen molar-refractivity contribution in [1.82, 2.24) is 0 Å². The number of anilines is 1. The van der Waals surface area contributed by atoms with E-state index in [-0.39, 0.29) is 5.75 Å². The first-order valence-electron chi connectivity index (χ1n) is 6.39. The third-order valence-electron chi connectivity index (χ3n) is 3.01. The highest BCUT2D eigenvalue weighted by molar-refractivity contribution is 9.10. The van der Waals surface area contributed by atoms with E-state index in [4.69, 9.17) is 4.74 Å². The van der Waals surface area contributed by atoms with Crippen LogP contribution in [0.5, 0.6) is 11.5 Å². The molecule has 2 aromatic rings. The zero-order valence-corrected chi connectivity index (χ0v) is 13.8. The van der Waals surface area contributed by atoms with E-state index in [1.54, 1.807) is 18.3 Å². The molecule has 0 unspecified atom stereocenters. The van der Waals surface area contributed by atoms with Crippen molar-refractivity contribution in [3.8, 4) is 11.5 Å². The third-order valence-corrected chi connectivity index (χ3v) is 3.47. The van der Waals surface area contributed by atoms with E-state index in [0.29, 0.717) is 11.3 Å². The fourth-order valence-electron chi connectivity index (χ4n) is 1.83. The normalized spacial score (nSPS) is 10.9. The van der Waals surface area contributed by atoms with E-state index in [1.165, 1.54) is 7.11 Å². The minimum atomic E-state index is 0.0781. The molecule has 110 valence electrons. The van der Waals surface area contributed by atoms with Gasteiger partial charge in [0.1, 0.15) is 0 Å². The van der Waals surface area contributed by atoms with E-state index in [0.717, 1.165) is 15.8 Å². The van der Waals surface area contributed by atoms with E-state index >= 15 is 0 Å². The summed E-state index contributed by atoms with van der Waals surface area (Å²) in [5.41, 5.74) is 2.53. The molecule has 0 spiro atoms. The predicted octanol–water partition coefficient (Wildman–Crippen LogP) is 3.98. The number of nitrogens with zero attached hydrogens (tertiary/aromatic N) is 2. The highest BCUT2D eigenvalue weighted by Gasteiger charge is 2.08. The molecule has 0 bridgehead atoms. The molecule has 0 aromatic heterocycles. The Morgan fingerprint density at radius 2 is 1.86 bits per heavy atom. The van der Waals surface area contributed by atoms with Crippen LogP contribution < -0.4 is 9.64 Å². The average Bonchev–Trinajstić information content (AvgIpc) is 2.48. The van der Waals surface area contributed by atoms with Crippen LogP contribution in [0.1, 0.15) is 5.56 Å². The van der Waals surface area contributed by atoms with Crippen LogP contribution in [0.25, 0.3) is 0 Å². The summed E-state index contributed by atoms with van der Waals surface area (Å²) in [5.74, 6) is 0.489. The van der Waals surface area contributed by atoms with Crippen molar-refractivity contribution in [2.75, 3.05) is 26.1 Å². The predicted molar refractivity (Wildman–Crippen MR) is 90.4 cm³/mol. The molecule has 0 fully saturated rings. The molecule has 0 aliphatic carbocycles. The van der Waals surface area contributed by atoms with Crippen LogP contribution in [-0.4, -0.2) is 32.5 Å². The van der Waals surface area contributed by atoms with Crippen LogP contribution in [0, 0.1) is 0 Å². The summed E-state index contributed by atoms with van der Waals surface area (Å²) in [6.07, 6.45) is 1.62. The smallest absolute Gasteiger partial charge is 0.166 e. The number of phenolic OH excluding ortho intramolecular Hbond substituents is 1. The molecular weight excluding hydrogens is 332 g/mol. The first kappa shape index (κ1) is 15.4. The molecule has 0 heterocycles. The number of hydrogen-bond acceptors (Lipinski definition) is 4. The zero-order valence-electron chi connectivity index (χ0n) is 12.2. The molecular formula is C16H17BrN2O2. The number of aromatic hydroxyl groups is 1. The molecule has 4 nitrogen and oxygen atoms in total. The van der Waals surface area contributed by atoms with Gasteiger partial charge in [0.15, 0.2) is 11.5 Å². The summed E-state index contributed by atoms with van der Waals surface area (Å²) in [5, 5.41) is 10.1. The number of benzene rings is 2. The monoisotopic (exact) mass is 348 g/mol. The highest BCUT2D eigenvalue weighted by atomic mass is 79.9. The van der Waals surface area contributed by atoms with Gasteiger partial charge < -0.3 is 14.7 Å². The lowest BCUT2D eigenvalue weighted by Crippen LogP contribution is -2.07. The Kier molecular flexibility index (Phi) is 4.85. The van der Waals surface area contributed by atoms with Crippen molar-refractivity contribution < 1.29 is 9.84 Å². The Hall–Kier alpha value is -2.01. The number of phenols is 1. The number of hydrogen-bond donors (Lipinski definition) is 1. The van der Waals surface area contributed by atoms with Gasteiger partial charge in [-0.1, -0.05) is 15.9 Å². The summed E-state index contributed by atoms with van der Waals surface area (Å²) in [6.45, 7) is 0. The minimum Gasteiger partial charge on any atom is -0.504 e. The Balaban J connectivity index is 2.27. The summed E-state index contributed by atoms with van der Waals surface area (Å²) in [7, 11) is 5.50. The Bertz CT molecular complexity index is 652. The Morgan fingerprint density at radius 3 is 2.43 bits per heavy atom. The van der Waals surface area contributed by atoms with E-state index in [2.05, 4.69) is 20.9 Å². The fraction of sp³-hybridized carbons (Fsp3) is 0.188. The number of aliphatic imine (C=N–C) groups is 1. The molecule has 0 aliphatic heterocycles. The van der Waals surface area contributed by atoms with Crippen LogP contribution >= 0.6 is 15.9 Å². The molecule has 21 heavy (non-hydrogen) atoms. The van der Waals surface area contributed by atoms with Gasteiger partial charge in [0.25, 0.3) is 0 Å². The van der Waals surface area contributed by atoms with Gasteiger partial charge in [-0.3, -0.25) is 4.99 Å². The lowest BCUT2D eigenvalue weighted by Gasteiger charge is -2.11. The lowest BCUT2D eigenvalue weighted by atomic mass is 10.2. The number of methoxy groups -OCH3 is 1. The molecule has 2 aromatic carbocycles. The van der Waals surface area contributed by atoms with Crippen molar-refractivity contribution in [3.63, 3.8) is 0 Å².